The first-order chi connectivity index (χ1) is 24.1. The summed E-state index contributed by atoms with van der Waals surface area (Å²) in [6.45, 7) is 6.56. The fourth-order valence-corrected chi connectivity index (χ4v) is 8.11. The highest BCUT2D eigenvalue weighted by atomic mass is 28.4. The first-order valence-electron chi connectivity index (χ1n) is 18.1. The van der Waals surface area contributed by atoms with Gasteiger partial charge in [0.2, 0.25) is 0 Å². The summed E-state index contributed by atoms with van der Waals surface area (Å²) in [4.78, 5) is 11.3. The van der Waals surface area contributed by atoms with Gasteiger partial charge in [0.1, 0.15) is 0 Å². The zero-order valence-electron chi connectivity index (χ0n) is 30.2. The molecule has 0 unspecified atom stereocenters. The van der Waals surface area contributed by atoms with Gasteiger partial charge in [0.05, 0.1) is 6.61 Å². The molecule has 0 heterocycles. The van der Waals surface area contributed by atoms with Crippen LogP contribution in [0.4, 0.5) is 57.1 Å². The Morgan fingerprint density at radius 1 is 0.423 bits per heavy atom. The van der Waals surface area contributed by atoms with Gasteiger partial charge < -0.3 is 18.0 Å². The number of carbonyl (C=O) groups excluding carboxylic acids is 1. The van der Waals surface area contributed by atoms with Crippen molar-refractivity contribution in [1.82, 2.24) is 0 Å². The van der Waals surface area contributed by atoms with E-state index in [0.717, 1.165) is 57.4 Å². The maximum Gasteiger partial charge on any atom is 0.500 e. The summed E-state index contributed by atoms with van der Waals surface area (Å²) in [5.41, 5.74) is 0. The fourth-order valence-electron chi connectivity index (χ4n) is 5.43. The molecule has 0 rings (SSSR count). The average molecular weight is 807 g/mol. The van der Waals surface area contributed by atoms with Crippen molar-refractivity contribution in [3.8, 4) is 0 Å². The van der Waals surface area contributed by atoms with Crippen LogP contribution in [-0.2, 0) is 22.8 Å². The Balaban J connectivity index is 4.05. The zero-order valence-corrected chi connectivity index (χ0v) is 31.2. The topological polar surface area (TPSA) is 54.0 Å². The summed E-state index contributed by atoms with van der Waals surface area (Å²) in [7, 11) is -2.55. The van der Waals surface area contributed by atoms with Crippen LogP contribution in [0.15, 0.2) is 0 Å². The first kappa shape index (κ1) is 50.7. The molecule has 0 aliphatic rings. The van der Waals surface area contributed by atoms with E-state index in [1.807, 2.05) is 20.8 Å². The molecule has 0 N–H and O–H groups in total. The lowest BCUT2D eigenvalue weighted by molar-refractivity contribution is -0.437. The molecule has 0 aliphatic heterocycles. The van der Waals surface area contributed by atoms with Gasteiger partial charge in [-0.25, -0.2) is 4.79 Å². The van der Waals surface area contributed by atoms with Crippen molar-refractivity contribution in [1.29, 1.82) is 0 Å². The molecule has 5 nitrogen and oxygen atoms in total. The van der Waals surface area contributed by atoms with E-state index >= 15 is 0 Å². The molecule has 0 aliphatic carbocycles. The van der Waals surface area contributed by atoms with Gasteiger partial charge in [-0.15, -0.1) is 0 Å². The van der Waals surface area contributed by atoms with Gasteiger partial charge in [-0.3, -0.25) is 0 Å². The van der Waals surface area contributed by atoms with Crippen LogP contribution in [0.25, 0.3) is 0 Å². The quantitative estimate of drug-likeness (QED) is 0.0293. The Bertz CT molecular complexity index is 952. The maximum atomic E-state index is 13.8. The third-order valence-electron chi connectivity index (χ3n) is 8.39. The number of alkyl halides is 13. The van der Waals surface area contributed by atoms with Crippen LogP contribution in [-0.4, -0.2) is 77.0 Å². The van der Waals surface area contributed by atoms with Crippen molar-refractivity contribution < 1.29 is 79.9 Å². The van der Waals surface area contributed by atoms with Crippen molar-refractivity contribution >= 4 is 14.8 Å². The van der Waals surface area contributed by atoms with Crippen molar-refractivity contribution in [2.45, 2.75) is 178 Å². The van der Waals surface area contributed by atoms with E-state index in [-0.39, 0.29) is 12.8 Å². The minimum absolute atomic E-state index is 0.217. The van der Waals surface area contributed by atoms with E-state index in [1.165, 1.54) is 38.5 Å². The number of rotatable bonds is 32. The second kappa shape index (κ2) is 23.5. The summed E-state index contributed by atoms with van der Waals surface area (Å²) in [6.07, 6.45) is 9.01. The number of unbranched alkanes of at least 4 members (excludes halogenated alkanes) is 17. The van der Waals surface area contributed by atoms with Gasteiger partial charge in [0.25, 0.3) is 0 Å². The minimum atomic E-state index is -8.05. The molecule has 0 bridgehead atoms. The lowest BCUT2D eigenvalue weighted by Crippen LogP contribution is -2.71. The maximum absolute atomic E-state index is 13.8. The lowest BCUT2D eigenvalue weighted by atomic mass is 9.94. The Labute approximate surface area is 299 Å². The Hall–Kier alpha value is -1.34. The standard InChI is InChI=1S/C33H55F13O5Si/c1-4-49-52(50-5-2,51-6-3)26-24-22-20-18-16-14-12-10-8-7-9-11-13-15-17-19-21-23-25-48-27(47)28(34,35)29(36,37)30(38,39)31(40,41)32(42,43)33(44,45)46/h4-26H2,1-3H3. The molecule has 0 radical (unpaired) electrons. The predicted molar refractivity (Wildman–Crippen MR) is 170 cm³/mol. The average Bonchev–Trinajstić information content (AvgIpc) is 3.04. The summed E-state index contributed by atoms with van der Waals surface area (Å²) < 4.78 is 192. The number of hydrogen-bond acceptors (Lipinski definition) is 5. The van der Waals surface area contributed by atoms with E-state index in [4.69, 9.17) is 13.3 Å². The van der Waals surface area contributed by atoms with Crippen LogP contribution in [0.1, 0.15) is 136 Å². The van der Waals surface area contributed by atoms with Gasteiger partial charge in [0.15, 0.2) is 0 Å². The van der Waals surface area contributed by atoms with E-state index in [9.17, 15) is 61.9 Å². The smallest absolute Gasteiger partial charge is 0.461 e. The van der Waals surface area contributed by atoms with Crippen LogP contribution in [0.5, 0.6) is 0 Å². The van der Waals surface area contributed by atoms with Crippen LogP contribution in [0.3, 0.4) is 0 Å². The summed E-state index contributed by atoms with van der Waals surface area (Å²) in [5.74, 6) is -41.9. The van der Waals surface area contributed by atoms with E-state index in [2.05, 4.69) is 4.74 Å². The highest BCUT2D eigenvalue weighted by molar-refractivity contribution is 6.60. The number of ether oxygens (including phenoxy) is 1. The molecule has 0 saturated carbocycles. The molecule has 0 aromatic carbocycles. The van der Waals surface area contributed by atoms with Gasteiger partial charge in [0, 0.05) is 25.9 Å². The third-order valence-corrected chi connectivity index (χ3v) is 11.5. The van der Waals surface area contributed by atoms with Crippen LogP contribution in [0.2, 0.25) is 6.04 Å². The van der Waals surface area contributed by atoms with Crippen molar-refractivity contribution in [3.63, 3.8) is 0 Å². The molecule has 0 fully saturated rings. The summed E-state index contributed by atoms with van der Waals surface area (Å²) in [6, 6.07) is 0.842. The van der Waals surface area contributed by atoms with Gasteiger partial charge >= 0.3 is 50.6 Å². The summed E-state index contributed by atoms with van der Waals surface area (Å²) >= 11 is 0. The number of halogens is 13. The first-order valence-corrected chi connectivity index (χ1v) is 20.0. The van der Waals surface area contributed by atoms with Crippen LogP contribution in [0, 0.1) is 0 Å². The largest absolute Gasteiger partial charge is 0.500 e. The number of hydrogen-bond donors (Lipinski definition) is 0. The molecule has 0 amide bonds. The van der Waals surface area contributed by atoms with E-state index < -0.39 is 57.2 Å². The Morgan fingerprint density at radius 2 is 0.712 bits per heavy atom. The minimum Gasteiger partial charge on any atom is -0.461 e. The predicted octanol–water partition coefficient (Wildman–Crippen LogP) is 12.3. The normalized spacial score (nSPS) is 13.9. The molecule has 19 heteroatoms. The fraction of sp³-hybridized carbons (Fsp3) is 0.970. The molecule has 0 saturated heterocycles. The van der Waals surface area contributed by atoms with Crippen molar-refractivity contribution in [2.75, 3.05) is 26.4 Å². The molecule has 0 aromatic heterocycles. The van der Waals surface area contributed by atoms with Gasteiger partial charge in [-0.05, 0) is 33.6 Å². The Morgan fingerprint density at radius 3 is 1.02 bits per heavy atom. The SMILES string of the molecule is CCO[Si](CCCCCCCCCCCCCCCCCCCCOC(=O)C(F)(F)C(F)(F)C(F)(F)C(F)(F)C(F)(F)C(F)(F)F)(OCC)OCC. The molecule has 0 atom stereocenters. The molecule has 52 heavy (non-hydrogen) atoms. The third kappa shape index (κ3) is 14.7. The molecular weight excluding hydrogens is 751 g/mol. The van der Waals surface area contributed by atoms with E-state index in [0.29, 0.717) is 32.7 Å². The summed E-state index contributed by atoms with van der Waals surface area (Å²) in [5, 5.41) is 0. The second-order valence-corrected chi connectivity index (χ2v) is 15.3. The Kier molecular flexibility index (Phi) is 22.9. The van der Waals surface area contributed by atoms with Gasteiger partial charge in [-0.1, -0.05) is 103 Å². The second-order valence-electron chi connectivity index (χ2n) is 12.6. The molecule has 0 spiro atoms. The zero-order chi connectivity index (χ0) is 40.2. The van der Waals surface area contributed by atoms with E-state index in [1.54, 1.807) is 0 Å². The number of carbonyl (C=O) groups is 1. The van der Waals surface area contributed by atoms with Crippen molar-refractivity contribution in [3.05, 3.63) is 0 Å². The highest BCUT2D eigenvalue weighted by Crippen LogP contribution is 2.60. The number of esters is 1. The highest BCUT2D eigenvalue weighted by Gasteiger charge is 2.92. The van der Waals surface area contributed by atoms with Crippen LogP contribution >= 0.6 is 0 Å². The molecule has 312 valence electrons. The van der Waals surface area contributed by atoms with Crippen LogP contribution < -0.4 is 0 Å². The molecular formula is C33H55F13O5Si. The van der Waals surface area contributed by atoms with Gasteiger partial charge in [-0.2, -0.15) is 57.1 Å². The van der Waals surface area contributed by atoms with Crippen molar-refractivity contribution in [2.24, 2.45) is 0 Å². The lowest BCUT2D eigenvalue weighted by Gasteiger charge is -2.38. The monoisotopic (exact) mass is 806 g/mol. The molecule has 0 aromatic rings.